The number of rotatable bonds is 2. The second-order valence-corrected chi connectivity index (χ2v) is 6.22. The molecular formula is C12H16BrClN2O. The van der Waals surface area contributed by atoms with E-state index in [1.165, 1.54) is 0 Å². The maximum Gasteiger partial charge on any atom is 0.140 e. The summed E-state index contributed by atoms with van der Waals surface area (Å²) in [5, 5.41) is 4.07. The average Bonchev–Trinajstić information content (AvgIpc) is 2.21. The largest absolute Gasteiger partial charge is 0.375 e. The van der Waals surface area contributed by atoms with E-state index in [0.717, 1.165) is 29.7 Å². The van der Waals surface area contributed by atoms with Crippen molar-refractivity contribution in [2.75, 3.05) is 11.9 Å². The average molecular weight is 320 g/mol. The highest BCUT2D eigenvalue weighted by Gasteiger charge is 2.29. The number of halogens is 2. The number of anilines is 1. The number of hydrogen-bond acceptors (Lipinski definition) is 3. The molecule has 2 heterocycles. The lowest BCUT2D eigenvalue weighted by Crippen LogP contribution is -2.40. The molecule has 1 aromatic rings. The minimum Gasteiger partial charge on any atom is -0.375 e. The van der Waals surface area contributed by atoms with E-state index in [-0.39, 0.29) is 5.60 Å². The Hall–Kier alpha value is -0.320. The lowest BCUT2D eigenvalue weighted by Gasteiger charge is -2.36. The molecule has 1 aromatic heterocycles. The molecule has 1 aliphatic heterocycles. The van der Waals surface area contributed by atoms with Crippen molar-refractivity contribution in [2.45, 2.75) is 38.3 Å². The zero-order valence-corrected chi connectivity index (χ0v) is 12.3. The first kappa shape index (κ1) is 13.1. The van der Waals surface area contributed by atoms with Gasteiger partial charge in [0.25, 0.3) is 0 Å². The highest BCUT2D eigenvalue weighted by molar-refractivity contribution is 9.10. The molecule has 5 heteroatoms. The van der Waals surface area contributed by atoms with Crippen molar-refractivity contribution >= 4 is 33.3 Å². The zero-order chi connectivity index (χ0) is 12.5. The molecule has 1 saturated heterocycles. The van der Waals surface area contributed by atoms with Crippen LogP contribution in [0.2, 0.25) is 5.02 Å². The predicted molar refractivity (Wildman–Crippen MR) is 73.6 cm³/mol. The van der Waals surface area contributed by atoms with E-state index in [4.69, 9.17) is 16.3 Å². The van der Waals surface area contributed by atoms with Crippen LogP contribution >= 0.6 is 27.5 Å². The molecule has 0 spiro atoms. The molecule has 0 aliphatic carbocycles. The molecule has 0 amide bonds. The van der Waals surface area contributed by atoms with Gasteiger partial charge in [0.05, 0.1) is 15.1 Å². The minimum absolute atomic E-state index is 0.0607. The zero-order valence-electron chi connectivity index (χ0n) is 9.96. The maximum atomic E-state index is 5.86. The molecule has 0 bridgehead atoms. The molecular weight excluding hydrogens is 304 g/mol. The Balaban J connectivity index is 2.05. The topological polar surface area (TPSA) is 34.2 Å². The van der Waals surface area contributed by atoms with Gasteiger partial charge in [-0.15, -0.1) is 0 Å². The quantitative estimate of drug-likeness (QED) is 0.898. The Morgan fingerprint density at radius 3 is 3.00 bits per heavy atom. The summed E-state index contributed by atoms with van der Waals surface area (Å²) in [5.41, 5.74) is -0.0607. The number of nitrogens with zero attached hydrogens (tertiary/aromatic N) is 1. The minimum atomic E-state index is -0.0607. The normalized spacial score (nSPS) is 23.4. The number of pyridine rings is 1. The van der Waals surface area contributed by atoms with Gasteiger partial charge in [-0.1, -0.05) is 11.6 Å². The summed E-state index contributed by atoms with van der Waals surface area (Å²) >= 11 is 9.33. The fourth-order valence-corrected chi connectivity index (χ4v) is 2.82. The molecule has 1 unspecified atom stereocenters. The van der Waals surface area contributed by atoms with Gasteiger partial charge >= 0.3 is 0 Å². The van der Waals surface area contributed by atoms with Crippen LogP contribution in [-0.2, 0) is 4.74 Å². The highest BCUT2D eigenvalue weighted by Crippen LogP contribution is 2.29. The van der Waals surface area contributed by atoms with Crippen LogP contribution in [0.15, 0.2) is 16.7 Å². The first-order valence-electron chi connectivity index (χ1n) is 5.68. The van der Waals surface area contributed by atoms with Crippen LogP contribution in [0.1, 0.15) is 26.7 Å². The van der Waals surface area contributed by atoms with E-state index in [0.29, 0.717) is 11.1 Å². The van der Waals surface area contributed by atoms with Gasteiger partial charge in [0, 0.05) is 18.8 Å². The van der Waals surface area contributed by atoms with Gasteiger partial charge in [-0.2, -0.15) is 0 Å². The molecule has 94 valence electrons. The van der Waals surface area contributed by atoms with Gasteiger partial charge in [-0.05, 0) is 48.7 Å². The maximum absolute atomic E-state index is 5.86. The summed E-state index contributed by atoms with van der Waals surface area (Å²) in [6.45, 7) is 5.02. The van der Waals surface area contributed by atoms with Gasteiger partial charge in [0.15, 0.2) is 0 Å². The standard InChI is InChI=1S/C12H16BrClN2O/c1-12(2)6-9(3-4-17-12)16-11-10(13)5-8(14)7-15-11/h5,7,9H,3-4,6H2,1-2H3,(H,15,16). The second kappa shape index (κ2) is 5.12. The first-order valence-corrected chi connectivity index (χ1v) is 6.85. The molecule has 0 aromatic carbocycles. The smallest absolute Gasteiger partial charge is 0.140 e. The Morgan fingerprint density at radius 1 is 1.59 bits per heavy atom. The van der Waals surface area contributed by atoms with Crippen molar-refractivity contribution < 1.29 is 4.74 Å². The predicted octanol–water partition coefficient (Wildman–Crippen LogP) is 3.87. The number of nitrogens with one attached hydrogen (secondary N) is 1. The lowest BCUT2D eigenvalue weighted by molar-refractivity contribution is -0.0553. The van der Waals surface area contributed by atoms with Crippen molar-refractivity contribution in [1.29, 1.82) is 0 Å². The van der Waals surface area contributed by atoms with Crippen LogP contribution in [0.25, 0.3) is 0 Å². The molecule has 3 nitrogen and oxygen atoms in total. The van der Waals surface area contributed by atoms with E-state index < -0.39 is 0 Å². The molecule has 2 rings (SSSR count). The summed E-state index contributed by atoms with van der Waals surface area (Å²) < 4.78 is 6.59. The molecule has 1 N–H and O–H groups in total. The molecule has 0 saturated carbocycles. The number of ether oxygens (including phenoxy) is 1. The third kappa shape index (κ3) is 3.57. The van der Waals surface area contributed by atoms with Crippen molar-refractivity contribution in [2.24, 2.45) is 0 Å². The van der Waals surface area contributed by atoms with Crippen LogP contribution in [0.4, 0.5) is 5.82 Å². The molecule has 1 fully saturated rings. The monoisotopic (exact) mass is 318 g/mol. The SMILES string of the molecule is CC1(C)CC(Nc2ncc(Cl)cc2Br)CCO1. The summed E-state index contributed by atoms with van der Waals surface area (Å²) in [4.78, 5) is 4.29. The Bertz CT molecular complexity index is 411. The summed E-state index contributed by atoms with van der Waals surface area (Å²) in [5.74, 6) is 0.845. The third-order valence-corrected chi connectivity index (χ3v) is 3.66. The highest BCUT2D eigenvalue weighted by atomic mass is 79.9. The van der Waals surface area contributed by atoms with Crippen molar-refractivity contribution in [1.82, 2.24) is 4.98 Å². The summed E-state index contributed by atoms with van der Waals surface area (Å²) in [6.07, 6.45) is 3.63. The number of aromatic nitrogens is 1. The van der Waals surface area contributed by atoms with Crippen molar-refractivity contribution in [3.63, 3.8) is 0 Å². The van der Waals surface area contributed by atoms with E-state index in [1.54, 1.807) is 6.20 Å². The Labute approximate surface area is 115 Å². The van der Waals surface area contributed by atoms with Crippen molar-refractivity contribution in [3.05, 3.63) is 21.8 Å². The third-order valence-electron chi connectivity index (χ3n) is 2.85. The van der Waals surface area contributed by atoms with Gasteiger partial charge in [-0.25, -0.2) is 4.98 Å². The van der Waals surface area contributed by atoms with Crippen LogP contribution in [0.3, 0.4) is 0 Å². The van der Waals surface area contributed by atoms with E-state index in [1.807, 2.05) is 6.07 Å². The van der Waals surface area contributed by atoms with Gasteiger partial charge in [0.2, 0.25) is 0 Å². The Morgan fingerprint density at radius 2 is 2.35 bits per heavy atom. The lowest BCUT2D eigenvalue weighted by atomic mass is 9.94. The van der Waals surface area contributed by atoms with Crippen LogP contribution in [0, 0.1) is 0 Å². The Kier molecular flexibility index (Phi) is 3.95. The number of hydrogen-bond donors (Lipinski definition) is 1. The van der Waals surface area contributed by atoms with Gasteiger partial charge < -0.3 is 10.1 Å². The van der Waals surface area contributed by atoms with Crippen molar-refractivity contribution in [3.8, 4) is 0 Å². The van der Waals surface area contributed by atoms with Gasteiger partial charge in [-0.3, -0.25) is 0 Å². The second-order valence-electron chi connectivity index (χ2n) is 4.93. The molecule has 17 heavy (non-hydrogen) atoms. The van der Waals surface area contributed by atoms with E-state index in [9.17, 15) is 0 Å². The van der Waals surface area contributed by atoms with E-state index >= 15 is 0 Å². The molecule has 1 atom stereocenters. The summed E-state index contributed by atoms with van der Waals surface area (Å²) in [7, 11) is 0. The summed E-state index contributed by atoms with van der Waals surface area (Å²) in [6, 6.07) is 2.24. The molecule has 0 radical (unpaired) electrons. The van der Waals surface area contributed by atoms with Gasteiger partial charge in [0.1, 0.15) is 5.82 Å². The van der Waals surface area contributed by atoms with Crippen LogP contribution in [0.5, 0.6) is 0 Å². The van der Waals surface area contributed by atoms with E-state index in [2.05, 4.69) is 40.1 Å². The first-order chi connectivity index (χ1) is 7.96. The van der Waals surface area contributed by atoms with Crippen LogP contribution in [-0.4, -0.2) is 23.2 Å². The van der Waals surface area contributed by atoms with Crippen LogP contribution < -0.4 is 5.32 Å². The fourth-order valence-electron chi connectivity index (χ4n) is 2.07. The molecule has 1 aliphatic rings. The fraction of sp³-hybridized carbons (Fsp3) is 0.583.